The van der Waals surface area contributed by atoms with Crippen LogP contribution in [0.2, 0.25) is 0 Å². The number of unbranched alkanes of at least 4 members (excludes halogenated alkanes) is 7. The number of nitrogens with one attached hydrogen (secondary N) is 1. The van der Waals surface area contributed by atoms with Gasteiger partial charge in [-0.3, -0.25) is 0 Å². The summed E-state index contributed by atoms with van der Waals surface area (Å²) in [6.45, 7) is 5.60. The van der Waals surface area contributed by atoms with Crippen molar-refractivity contribution in [2.45, 2.75) is 97.1 Å². The summed E-state index contributed by atoms with van der Waals surface area (Å²) >= 11 is 0. The summed E-state index contributed by atoms with van der Waals surface area (Å²) in [7, 11) is 0. The van der Waals surface area contributed by atoms with Gasteiger partial charge in [0.15, 0.2) is 0 Å². The van der Waals surface area contributed by atoms with E-state index >= 15 is 0 Å². The Bertz CT molecular complexity index is 333. The van der Waals surface area contributed by atoms with Crippen LogP contribution in [0.3, 0.4) is 0 Å². The molecule has 0 aliphatic heterocycles. The van der Waals surface area contributed by atoms with Crippen LogP contribution in [0.25, 0.3) is 0 Å². The average Bonchev–Trinajstić information content (AvgIpc) is 2.56. The van der Waals surface area contributed by atoms with Gasteiger partial charge in [0.1, 0.15) is 0 Å². The largest absolute Gasteiger partial charge is 0.310 e. The molecular weight excluding hydrogens is 266 g/mol. The zero-order valence-electron chi connectivity index (χ0n) is 14.9. The highest BCUT2D eigenvalue weighted by Gasteiger charge is 2.08. The summed E-state index contributed by atoms with van der Waals surface area (Å²) in [4.78, 5) is 0. The molecule has 1 nitrogen and oxygen atoms in total. The van der Waals surface area contributed by atoms with Gasteiger partial charge in [-0.1, -0.05) is 102 Å². The number of hydrogen-bond donors (Lipinski definition) is 1. The Morgan fingerprint density at radius 2 is 1.27 bits per heavy atom. The van der Waals surface area contributed by atoms with E-state index in [2.05, 4.69) is 49.5 Å². The molecule has 0 radical (unpaired) electrons. The van der Waals surface area contributed by atoms with Gasteiger partial charge in [0.25, 0.3) is 0 Å². The molecule has 1 N–H and O–H groups in total. The van der Waals surface area contributed by atoms with Crippen LogP contribution in [0.1, 0.15) is 90.0 Å². The zero-order valence-corrected chi connectivity index (χ0v) is 14.9. The van der Waals surface area contributed by atoms with Crippen molar-refractivity contribution in [3.05, 3.63) is 35.9 Å². The van der Waals surface area contributed by atoms with Gasteiger partial charge in [0.05, 0.1) is 0 Å². The number of hydrogen-bond acceptors (Lipinski definition) is 1. The van der Waals surface area contributed by atoms with Gasteiger partial charge in [-0.05, 0) is 18.4 Å². The molecule has 126 valence electrons. The second-order valence-electron chi connectivity index (χ2n) is 6.62. The van der Waals surface area contributed by atoms with E-state index in [1.165, 1.54) is 76.2 Å². The highest BCUT2D eigenvalue weighted by molar-refractivity contribution is 5.14. The molecule has 1 atom stereocenters. The van der Waals surface area contributed by atoms with Crippen LogP contribution in [-0.2, 0) is 6.54 Å². The van der Waals surface area contributed by atoms with E-state index in [-0.39, 0.29) is 0 Å². The third-order valence-corrected chi connectivity index (χ3v) is 4.50. The molecule has 0 aliphatic carbocycles. The molecule has 1 rings (SSSR count). The fourth-order valence-electron chi connectivity index (χ4n) is 3.02. The Kier molecular flexibility index (Phi) is 12.1. The van der Waals surface area contributed by atoms with Crippen molar-refractivity contribution in [2.75, 3.05) is 0 Å². The molecular formula is C21H37N. The third kappa shape index (κ3) is 10.00. The van der Waals surface area contributed by atoms with Crippen molar-refractivity contribution in [3.8, 4) is 0 Å². The predicted octanol–water partition coefficient (Wildman–Crippen LogP) is 6.48. The first-order valence-corrected chi connectivity index (χ1v) is 9.64. The van der Waals surface area contributed by atoms with Crippen molar-refractivity contribution in [2.24, 2.45) is 0 Å². The van der Waals surface area contributed by atoms with Gasteiger partial charge in [0.2, 0.25) is 0 Å². The lowest BCUT2D eigenvalue weighted by atomic mass is 10.0. The molecule has 0 amide bonds. The van der Waals surface area contributed by atoms with Crippen LogP contribution in [0.5, 0.6) is 0 Å². The van der Waals surface area contributed by atoms with E-state index in [0.717, 1.165) is 6.54 Å². The Morgan fingerprint density at radius 3 is 1.86 bits per heavy atom. The van der Waals surface area contributed by atoms with Crippen LogP contribution in [0.4, 0.5) is 0 Å². The van der Waals surface area contributed by atoms with E-state index in [1.807, 2.05) is 0 Å². The van der Waals surface area contributed by atoms with Gasteiger partial charge in [-0.2, -0.15) is 0 Å². The Hall–Kier alpha value is -0.820. The molecule has 0 saturated heterocycles. The molecule has 0 saturated carbocycles. The van der Waals surface area contributed by atoms with Gasteiger partial charge < -0.3 is 5.32 Å². The molecule has 1 unspecified atom stereocenters. The summed E-state index contributed by atoms with van der Waals surface area (Å²) in [5.41, 5.74) is 1.41. The average molecular weight is 304 g/mol. The van der Waals surface area contributed by atoms with Crippen LogP contribution in [0.15, 0.2) is 30.3 Å². The summed E-state index contributed by atoms with van der Waals surface area (Å²) in [6, 6.07) is 11.5. The Labute approximate surface area is 138 Å². The monoisotopic (exact) mass is 303 g/mol. The normalized spacial score (nSPS) is 12.5. The lowest BCUT2D eigenvalue weighted by Crippen LogP contribution is -2.28. The summed E-state index contributed by atoms with van der Waals surface area (Å²) < 4.78 is 0. The van der Waals surface area contributed by atoms with Crippen molar-refractivity contribution >= 4 is 0 Å². The Morgan fingerprint density at radius 1 is 0.727 bits per heavy atom. The van der Waals surface area contributed by atoms with Crippen LogP contribution < -0.4 is 5.32 Å². The Balaban J connectivity index is 2.26. The molecule has 0 aliphatic rings. The first-order chi connectivity index (χ1) is 10.9. The van der Waals surface area contributed by atoms with Gasteiger partial charge >= 0.3 is 0 Å². The fraction of sp³-hybridized carbons (Fsp3) is 0.714. The third-order valence-electron chi connectivity index (χ3n) is 4.50. The van der Waals surface area contributed by atoms with Crippen molar-refractivity contribution in [1.29, 1.82) is 0 Å². The minimum Gasteiger partial charge on any atom is -0.310 e. The molecule has 0 spiro atoms. The van der Waals surface area contributed by atoms with E-state index in [9.17, 15) is 0 Å². The van der Waals surface area contributed by atoms with Gasteiger partial charge in [-0.25, -0.2) is 0 Å². The molecule has 0 aromatic heterocycles. The molecule has 1 aromatic rings. The zero-order chi connectivity index (χ0) is 15.9. The predicted molar refractivity (Wildman–Crippen MR) is 99.2 cm³/mol. The maximum atomic E-state index is 3.80. The maximum absolute atomic E-state index is 3.80. The lowest BCUT2D eigenvalue weighted by Gasteiger charge is -2.19. The quantitative estimate of drug-likeness (QED) is 0.388. The van der Waals surface area contributed by atoms with E-state index in [4.69, 9.17) is 0 Å². The summed E-state index contributed by atoms with van der Waals surface area (Å²) in [5.74, 6) is 0. The number of benzene rings is 1. The lowest BCUT2D eigenvalue weighted by molar-refractivity contribution is 0.413. The van der Waals surface area contributed by atoms with Crippen LogP contribution in [-0.4, -0.2) is 6.04 Å². The van der Waals surface area contributed by atoms with Crippen molar-refractivity contribution in [1.82, 2.24) is 5.32 Å². The van der Waals surface area contributed by atoms with E-state index < -0.39 is 0 Å². The smallest absolute Gasteiger partial charge is 0.0208 e. The molecule has 0 heterocycles. The number of rotatable bonds is 14. The van der Waals surface area contributed by atoms with Gasteiger partial charge in [0, 0.05) is 12.6 Å². The standard InChI is InChI=1S/C21H37N/c1-3-5-7-9-14-18-21(17-13-8-6-4-2)22-19-20-15-11-10-12-16-20/h10-12,15-16,21-22H,3-9,13-14,17-19H2,1-2H3. The SMILES string of the molecule is CCCCCCCC(CCCCCC)NCc1ccccc1. The van der Waals surface area contributed by atoms with E-state index in [1.54, 1.807) is 0 Å². The first-order valence-electron chi connectivity index (χ1n) is 9.64. The van der Waals surface area contributed by atoms with Crippen molar-refractivity contribution in [3.63, 3.8) is 0 Å². The second-order valence-corrected chi connectivity index (χ2v) is 6.62. The molecule has 22 heavy (non-hydrogen) atoms. The molecule has 1 heteroatoms. The molecule has 1 aromatic carbocycles. The minimum atomic E-state index is 0.707. The van der Waals surface area contributed by atoms with Crippen LogP contribution in [0, 0.1) is 0 Å². The highest BCUT2D eigenvalue weighted by Crippen LogP contribution is 2.14. The van der Waals surface area contributed by atoms with E-state index in [0.29, 0.717) is 6.04 Å². The minimum absolute atomic E-state index is 0.707. The summed E-state index contributed by atoms with van der Waals surface area (Å²) in [5, 5.41) is 3.80. The highest BCUT2D eigenvalue weighted by atomic mass is 14.9. The molecule has 0 bridgehead atoms. The van der Waals surface area contributed by atoms with Crippen LogP contribution >= 0.6 is 0 Å². The topological polar surface area (TPSA) is 12.0 Å². The second kappa shape index (κ2) is 13.8. The van der Waals surface area contributed by atoms with Crippen molar-refractivity contribution < 1.29 is 0 Å². The fourth-order valence-corrected chi connectivity index (χ4v) is 3.02. The summed E-state index contributed by atoms with van der Waals surface area (Å²) in [6.07, 6.45) is 15.2. The maximum Gasteiger partial charge on any atom is 0.0208 e. The first kappa shape index (κ1) is 19.2. The molecule has 0 fully saturated rings. The van der Waals surface area contributed by atoms with Gasteiger partial charge in [-0.15, -0.1) is 0 Å².